The lowest BCUT2D eigenvalue weighted by Crippen LogP contribution is -1.99. The lowest BCUT2D eigenvalue weighted by Gasteiger charge is -2.12. The fourth-order valence-corrected chi connectivity index (χ4v) is 1.78. The summed E-state index contributed by atoms with van der Waals surface area (Å²) in [4.78, 5) is 0. The standard InChI is InChI=1S/C16H18NO2/c1-3-18-15-11-7-5-9-13(15)17-14-10-6-8-12-16(14)19-4-2/h5-12H,3-4H2,1-2H3. The highest BCUT2D eigenvalue weighted by Crippen LogP contribution is 2.32. The Labute approximate surface area is 114 Å². The monoisotopic (exact) mass is 256 g/mol. The Morgan fingerprint density at radius 3 is 1.58 bits per heavy atom. The zero-order valence-electron chi connectivity index (χ0n) is 11.3. The van der Waals surface area contributed by atoms with Crippen molar-refractivity contribution in [1.29, 1.82) is 0 Å². The first-order chi connectivity index (χ1) is 9.35. The van der Waals surface area contributed by atoms with E-state index in [1.54, 1.807) is 0 Å². The van der Waals surface area contributed by atoms with E-state index in [1.807, 2.05) is 62.4 Å². The molecule has 2 rings (SSSR count). The van der Waals surface area contributed by atoms with E-state index in [2.05, 4.69) is 5.32 Å². The number of hydrogen-bond donors (Lipinski definition) is 0. The molecule has 0 saturated heterocycles. The van der Waals surface area contributed by atoms with Crippen LogP contribution >= 0.6 is 0 Å². The van der Waals surface area contributed by atoms with Crippen molar-refractivity contribution < 1.29 is 9.47 Å². The predicted octanol–water partition coefficient (Wildman–Crippen LogP) is 4.05. The topological polar surface area (TPSA) is 32.6 Å². The van der Waals surface area contributed by atoms with Gasteiger partial charge in [-0.15, -0.1) is 0 Å². The molecular formula is C16H18NO2. The summed E-state index contributed by atoms with van der Waals surface area (Å²) in [7, 11) is 0. The predicted molar refractivity (Wildman–Crippen MR) is 76.7 cm³/mol. The van der Waals surface area contributed by atoms with Crippen LogP contribution in [0.25, 0.3) is 0 Å². The molecule has 2 aromatic rings. The van der Waals surface area contributed by atoms with Crippen molar-refractivity contribution in [2.24, 2.45) is 0 Å². The van der Waals surface area contributed by atoms with Gasteiger partial charge in [-0.25, -0.2) is 5.32 Å². The molecule has 0 aromatic heterocycles. The second-order valence-electron chi connectivity index (χ2n) is 3.91. The van der Waals surface area contributed by atoms with Crippen molar-refractivity contribution in [3.8, 4) is 11.5 Å². The Bertz CT molecular complexity index is 478. The van der Waals surface area contributed by atoms with Crippen LogP contribution in [0.15, 0.2) is 48.5 Å². The Morgan fingerprint density at radius 2 is 1.16 bits per heavy atom. The van der Waals surface area contributed by atoms with E-state index in [4.69, 9.17) is 9.47 Å². The van der Waals surface area contributed by atoms with Crippen LogP contribution < -0.4 is 14.8 Å². The third kappa shape index (κ3) is 3.41. The van der Waals surface area contributed by atoms with Gasteiger partial charge in [-0.1, -0.05) is 24.3 Å². The molecule has 0 aliphatic heterocycles. The molecule has 0 aliphatic rings. The molecule has 0 unspecified atom stereocenters. The maximum absolute atomic E-state index is 5.57. The van der Waals surface area contributed by atoms with Gasteiger partial charge in [0.15, 0.2) is 0 Å². The van der Waals surface area contributed by atoms with Crippen LogP contribution in [-0.4, -0.2) is 13.2 Å². The van der Waals surface area contributed by atoms with E-state index in [0.29, 0.717) is 13.2 Å². The van der Waals surface area contributed by atoms with Crippen LogP contribution in [0.3, 0.4) is 0 Å². The molecule has 0 saturated carbocycles. The first kappa shape index (κ1) is 13.3. The summed E-state index contributed by atoms with van der Waals surface area (Å²) in [6.07, 6.45) is 0. The minimum absolute atomic E-state index is 0.625. The van der Waals surface area contributed by atoms with Gasteiger partial charge in [-0.3, -0.25) is 0 Å². The molecule has 0 N–H and O–H groups in total. The zero-order valence-corrected chi connectivity index (χ0v) is 11.3. The molecule has 3 nitrogen and oxygen atoms in total. The number of ether oxygens (including phenoxy) is 2. The van der Waals surface area contributed by atoms with Gasteiger partial charge in [-0.05, 0) is 38.1 Å². The zero-order chi connectivity index (χ0) is 13.5. The summed E-state index contributed by atoms with van der Waals surface area (Å²) in [5.41, 5.74) is 1.63. The molecule has 0 bridgehead atoms. The van der Waals surface area contributed by atoms with Crippen molar-refractivity contribution in [2.75, 3.05) is 13.2 Å². The molecule has 19 heavy (non-hydrogen) atoms. The van der Waals surface area contributed by atoms with Crippen molar-refractivity contribution in [3.05, 3.63) is 48.5 Å². The smallest absolute Gasteiger partial charge is 0.144 e. The normalized spacial score (nSPS) is 10.0. The van der Waals surface area contributed by atoms with Crippen LogP contribution in [0.4, 0.5) is 11.4 Å². The number of nitrogens with zero attached hydrogens (tertiary/aromatic N) is 1. The van der Waals surface area contributed by atoms with Crippen molar-refractivity contribution in [2.45, 2.75) is 13.8 Å². The van der Waals surface area contributed by atoms with E-state index in [0.717, 1.165) is 22.9 Å². The third-order valence-corrected chi connectivity index (χ3v) is 2.57. The number of para-hydroxylation sites is 4. The summed E-state index contributed by atoms with van der Waals surface area (Å²) >= 11 is 0. The van der Waals surface area contributed by atoms with E-state index >= 15 is 0 Å². The molecule has 2 aromatic carbocycles. The second kappa shape index (κ2) is 6.69. The third-order valence-electron chi connectivity index (χ3n) is 2.57. The Balaban J connectivity index is 2.25. The fraction of sp³-hybridized carbons (Fsp3) is 0.250. The average molecular weight is 256 g/mol. The molecule has 0 heterocycles. The fourth-order valence-electron chi connectivity index (χ4n) is 1.78. The molecule has 3 heteroatoms. The molecule has 1 radical (unpaired) electrons. The highest BCUT2D eigenvalue weighted by Gasteiger charge is 2.08. The van der Waals surface area contributed by atoms with Gasteiger partial charge in [0.2, 0.25) is 0 Å². The van der Waals surface area contributed by atoms with Gasteiger partial charge < -0.3 is 9.47 Å². The Morgan fingerprint density at radius 1 is 0.737 bits per heavy atom. The van der Waals surface area contributed by atoms with Crippen LogP contribution in [-0.2, 0) is 0 Å². The van der Waals surface area contributed by atoms with Gasteiger partial charge in [-0.2, -0.15) is 0 Å². The van der Waals surface area contributed by atoms with Crippen LogP contribution in [0.2, 0.25) is 0 Å². The van der Waals surface area contributed by atoms with Gasteiger partial charge in [0, 0.05) is 0 Å². The summed E-state index contributed by atoms with van der Waals surface area (Å²) in [5.74, 6) is 1.58. The van der Waals surface area contributed by atoms with Gasteiger partial charge in [0.25, 0.3) is 0 Å². The van der Waals surface area contributed by atoms with Crippen molar-refractivity contribution in [3.63, 3.8) is 0 Å². The first-order valence-corrected chi connectivity index (χ1v) is 6.50. The summed E-state index contributed by atoms with van der Waals surface area (Å²) in [6.45, 7) is 5.18. The van der Waals surface area contributed by atoms with E-state index in [1.165, 1.54) is 0 Å². The molecular weight excluding hydrogens is 238 g/mol. The Kier molecular flexibility index (Phi) is 4.67. The Hall–Kier alpha value is -2.16. The lowest BCUT2D eigenvalue weighted by molar-refractivity contribution is 0.337. The number of hydrogen-bond acceptors (Lipinski definition) is 2. The molecule has 0 amide bonds. The highest BCUT2D eigenvalue weighted by molar-refractivity contribution is 5.61. The van der Waals surface area contributed by atoms with Crippen LogP contribution in [0.1, 0.15) is 13.8 Å². The van der Waals surface area contributed by atoms with Crippen LogP contribution in [0, 0.1) is 0 Å². The maximum atomic E-state index is 5.57. The largest absolute Gasteiger partial charge is 0.492 e. The molecule has 99 valence electrons. The van der Waals surface area contributed by atoms with Crippen molar-refractivity contribution >= 4 is 11.4 Å². The maximum Gasteiger partial charge on any atom is 0.144 e. The highest BCUT2D eigenvalue weighted by atomic mass is 16.5. The lowest BCUT2D eigenvalue weighted by atomic mass is 10.2. The molecule has 0 fully saturated rings. The minimum Gasteiger partial charge on any atom is -0.492 e. The van der Waals surface area contributed by atoms with E-state index in [-0.39, 0.29) is 0 Å². The summed E-state index contributed by atoms with van der Waals surface area (Å²) in [5, 5.41) is 4.63. The first-order valence-electron chi connectivity index (χ1n) is 6.50. The molecule has 0 atom stereocenters. The number of benzene rings is 2. The van der Waals surface area contributed by atoms with E-state index < -0.39 is 0 Å². The quantitative estimate of drug-likeness (QED) is 0.781. The molecule has 0 spiro atoms. The summed E-state index contributed by atoms with van der Waals surface area (Å²) in [6, 6.07) is 15.5. The minimum atomic E-state index is 0.625. The SMILES string of the molecule is CCOc1ccccc1[N]c1ccccc1OCC. The average Bonchev–Trinajstić information content (AvgIpc) is 2.44. The van der Waals surface area contributed by atoms with Gasteiger partial charge in [0.1, 0.15) is 22.9 Å². The van der Waals surface area contributed by atoms with Gasteiger partial charge >= 0.3 is 0 Å². The van der Waals surface area contributed by atoms with Crippen molar-refractivity contribution in [1.82, 2.24) is 5.32 Å². The van der Waals surface area contributed by atoms with E-state index in [9.17, 15) is 0 Å². The summed E-state index contributed by atoms with van der Waals surface area (Å²) < 4.78 is 11.1. The number of rotatable bonds is 6. The van der Waals surface area contributed by atoms with Crippen LogP contribution in [0.5, 0.6) is 11.5 Å². The molecule has 0 aliphatic carbocycles. The van der Waals surface area contributed by atoms with Gasteiger partial charge in [0.05, 0.1) is 13.2 Å². The second-order valence-corrected chi connectivity index (χ2v) is 3.91.